The molecule has 3 aromatic rings. The van der Waals surface area contributed by atoms with E-state index in [4.69, 9.17) is 16.6 Å². The van der Waals surface area contributed by atoms with Gasteiger partial charge in [0.2, 0.25) is 5.91 Å². The van der Waals surface area contributed by atoms with Gasteiger partial charge in [0.05, 0.1) is 18.0 Å². The Bertz CT molecular complexity index is 1050. The van der Waals surface area contributed by atoms with Gasteiger partial charge in [0, 0.05) is 23.5 Å². The number of anilines is 2. The van der Waals surface area contributed by atoms with Crippen molar-refractivity contribution in [3.8, 4) is 0 Å². The first kappa shape index (κ1) is 20.1. The molecule has 1 aliphatic rings. The minimum absolute atomic E-state index is 0.00659. The number of furan rings is 1. The highest BCUT2D eigenvalue weighted by molar-refractivity contribution is 7.80. The average Bonchev–Trinajstić information content (AvgIpc) is 3.37. The summed E-state index contributed by atoms with van der Waals surface area (Å²) >= 11 is 5.71. The quantitative estimate of drug-likeness (QED) is 0.580. The molecule has 4 rings (SSSR count). The monoisotopic (exact) mass is 420 g/mol. The normalized spacial score (nSPS) is 18.5. The molecule has 3 heterocycles. The number of thiocarbonyl (C=S) groups is 1. The van der Waals surface area contributed by atoms with Crippen LogP contribution in [0, 0.1) is 12.8 Å². The van der Waals surface area contributed by atoms with E-state index in [1.165, 1.54) is 0 Å². The fourth-order valence-electron chi connectivity index (χ4n) is 3.60. The molecule has 0 radical (unpaired) electrons. The second kappa shape index (κ2) is 8.28. The third-order valence-corrected chi connectivity index (χ3v) is 5.52. The maximum absolute atomic E-state index is 12.1. The number of hydrogen-bond donors (Lipinski definition) is 2. The second-order valence-electron chi connectivity index (χ2n) is 7.66. The molecule has 154 valence electrons. The van der Waals surface area contributed by atoms with Gasteiger partial charge in [-0.05, 0) is 67.2 Å². The lowest BCUT2D eigenvalue weighted by Crippen LogP contribution is -2.29. The van der Waals surface area contributed by atoms with Gasteiger partial charge in [-0.3, -0.25) is 9.78 Å². The molecule has 2 atom stereocenters. The molecule has 0 saturated carbocycles. The Hall–Kier alpha value is -3.19. The predicted octanol–water partition coefficient (Wildman–Crippen LogP) is 4.75. The first-order chi connectivity index (χ1) is 14.5. The lowest BCUT2D eigenvalue weighted by atomic mass is 10.0. The van der Waals surface area contributed by atoms with Crippen molar-refractivity contribution in [3.63, 3.8) is 0 Å². The summed E-state index contributed by atoms with van der Waals surface area (Å²) in [6.45, 7) is 5.72. The molecule has 2 aromatic heterocycles. The number of nitrogens with zero attached hydrogens (tertiary/aromatic N) is 2. The smallest absolute Gasteiger partial charge is 0.226 e. The van der Waals surface area contributed by atoms with Crippen LogP contribution in [0.15, 0.2) is 65.4 Å². The molecule has 2 N–H and O–H groups in total. The minimum atomic E-state index is -0.182. The first-order valence-corrected chi connectivity index (χ1v) is 10.3. The Morgan fingerprint density at radius 1 is 1.23 bits per heavy atom. The van der Waals surface area contributed by atoms with Gasteiger partial charge >= 0.3 is 0 Å². The number of carbonyl (C=O) groups excluding carboxylic acids is 1. The van der Waals surface area contributed by atoms with Gasteiger partial charge in [0.25, 0.3) is 0 Å². The number of aryl methyl sites for hydroxylation is 1. The Kier molecular flexibility index (Phi) is 5.55. The zero-order chi connectivity index (χ0) is 21.3. The van der Waals surface area contributed by atoms with E-state index in [9.17, 15) is 4.79 Å². The lowest BCUT2D eigenvalue weighted by molar-refractivity contribution is -0.118. The fourth-order valence-corrected chi connectivity index (χ4v) is 3.94. The lowest BCUT2D eigenvalue weighted by Gasteiger charge is -2.26. The Labute approximate surface area is 181 Å². The van der Waals surface area contributed by atoms with E-state index in [0.717, 1.165) is 28.4 Å². The predicted molar refractivity (Wildman–Crippen MR) is 121 cm³/mol. The Morgan fingerprint density at radius 2 is 2.07 bits per heavy atom. The highest BCUT2D eigenvalue weighted by Crippen LogP contribution is 2.42. The van der Waals surface area contributed by atoms with E-state index in [0.29, 0.717) is 5.11 Å². The van der Waals surface area contributed by atoms with Crippen LogP contribution in [0.4, 0.5) is 11.4 Å². The van der Waals surface area contributed by atoms with E-state index < -0.39 is 0 Å². The topological polar surface area (TPSA) is 70.4 Å². The fraction of sp³-hybridized carbons (Fsp3) is 0.261. The van der Waals surface area contributed by atoms with Crippen LogP contribution in [-0.2, 0) is 4.79 Å². The summed E-state index contributed by atoms with van der Waals surface area (Å²) in [5, 5.41) is 6.98. The van der Waals surface area contributed by atoms with Crippen LogP contribution in [-0.4, -0.2) is 16.0 Å². The molecule has 1 aromatic carbocycles. The number of benzene rings is 1. The Morgan fingerprint density at radius 3 is 2.70 bits per heavy atom. The van der Waals surface area contributed by atoms with E-state index in [1.807, 2.05) is 69.3 Å². The van der Waals surface area contributed by atoms with Gasteiger partial charge in [-0.25, -0.2) is 0 Å². The number of aromatic nitrogens is 1. The Balaban J connectivity index is 1.71. The summed E-state index contributed by atoms with van der Waals surface area (Å²) < 4.78 is 5.78. The molecular formula is C23H24N4O2S. The summed E-state index contributed by atoms with van der Waals surface area (Å²) in [5.41, 5.74) is 3.57. The highest BCUT2D eigenvalue weighted by Gasteiger charge is 2.42. The molecule has 1 amide bonds. The number of amides is 1. The molecular weight excluding hydrogens is 396 g/mol. The maximum Gasteiger partial charge on any atom is 0.226 e. The van der Waals surface area contributed by atoms with Crippen LogP contribution in [0.1, 0.15) is 42.9 Å². The average molecular weight is 421 g/mol. The maximum atomic E-state index is 12.1. The number of hydrogen-bond acceptors (Lipinski definition) is 4. The van der Waals surface area contributed by atoms with Crippen LogP contribution in [0.2, 0.25) is 0 Å². The third-order valence-electron chi connectivity index (χ3n) is 5.20. The van der Waals surface area contributed by atoms with Gasteiger partial charge in [0.15, 0.2) is 5.11 Å². The molecule has 0 spiro atoms. The zero-order valence-electron chi connectivity index (χ0n) is 17.1. The van der Waals surface area contributed by atoms with Crippen LogP contribution < -0.4 is 15.5 Å². The molecule has 7 heteroatoms. The zero-order valence-corrected chi connectivity index (χ0v) is 17.9. The molecule has 1 saturated heterocycles. The van der Waals surface area contributed by atoms with Crippen LogP contribution >= 0.6 is 12.2 Å². The van der Waals surface area contributed by atoms with Crippen molar-refractivity contribution in [2.45, 2.75) is 32.9 Å². The van der Waals surface area contributed by atoms with E-state index >= 15 is 0 Å². The third kappa shape index (κ3) is 3.80. The molecule has 1 fully saturated rings. The van der Waals surface area contributed by atoms with Gasteiger partial charge in [-0.1, -0.05) is 19.9 Å². The molecule has 0 bridgehead atoms. The van der Waals surface area contributed by atoms with E-state index in [2.05, 4.69) is 20.5 Å². The van der Waals surface area contributed by atoms with Crippen molar-refractivity contribution in [2.24, 2.45) is 5.92 Å². The minimum Gasteiger partial charge on any atom is -0.467 e. The molecule has 1 aliphatic heterocycles. The first-order valence-electron chi connectivity index (χ1n) is 9.91. The number of pyridine rings is 1. The summed E-state index contributed by atoms with van der Waals surface area (Å²) in [6.07, 6.45) is 3.44. The van der Waals surface area contributed by atoms with E-state index in [1.54, 1.807) is 12.5 Å². The number of nitrogens with one attached hydrogen (secondary N) is 2. The summed E-state index contributed by atoms with van der Waals surface area (Å²) in [7, 11) is 0. The van der Waals surface area contributed by atoms with Crippen molar-refractivity contribution < 1.29 is 9.21 Å². The van der Waals surface area contributed by atoms with Gasteiger partial charge in [-0.15, -0.1) is 0 Å². The molecule has 6 nitrogen and oxygen atoms in total. The van der Waals surface area contributed by atoms with Crippen LogP contribution in [0.5, 0.6) is 0 Å². The van der Waals surface area contributed by atoms with E-state index in [-0.39, 0.29) is 23.9 Å². The summed E-state index contributed by atoms with van der Waals surface area (Å²) in [6, 6.07) is 15.2. The van der Waals surface area contributed by atoms with Gasteiger partial charge in [0.1, 0.15) is 11.8 Å². The second-order valence-corrected chi connectivity index (χ2v) is 8.04. The SMILES string of the molecule is Cc1cc(N2C(=S)N[C@@H](c3ccccn3)[C@@H]2c2ccco2)ccc1NC(=O)C(C)C. The van der Waals surface area contributed by atoms with Crippen molar-refractivity contribution in [2.75, 3.05) is 10.2 Å². The standard InChI is InChI=1S/C23H24N4O2S/c1-14(2)22(28)25-17-10-9-16(13-15(17)3)27-21(19-8-6-12-29-19)20(26-23(27)30)18-7-4-5-11-24-18/h4-14,20-21H,1-3H3,(H,25,28)(H,26,30)/t20-,21-/m0/s1. The molecule has 0 unspecified atom stereocenters. The van der Waals surface area contributed by atoms with Crippen LogP contribution in [0.25, 0.3) is 0 Å². The molecule has 30 heavy (non-hydrogen) atoms. The van der Waals surface area contributed by atoms with Crippen LogP contribution in [0.3, 0.4) is 0 Å². The summed E-state index contributed by atoms with van der Waals surface area (Å²) in [4.78, 5) is 18.7. The largest absolute Gasteiger partial charge is 0.467 e. The van der Waals surface area contributed by atoms with Crippen molar-refractivity contribution in [3.05, 3.63) is 78.0 Å². The van der Waals surface area contributed by atoms with Gasteiger partial charge < -0.3 is 20.0 Å². The number of rotatable bonds is 5. The van der Waals surface area contributed by atoms with Crippen molar-refractivity contribution in [1.82, 2.24) is 10.3 Å². The number of carbonyl (C=O) groups is 1. The summed E-state index contributed by atoms with van der Waals surface area (Å²) in [5.74, 6) is 0.711. The molecule has 0 aliphatic carbocycles. The highest BCUT2D eigenvalue weighted by atomic mass is 32.1. The van der Waals surface area contributed by atoms with Crippen molar-refractivity contribution in [1.29, 1.82) is 0 Å². The van der Waals surface area contributed by atoms with Crippen molar-refractivity contribution >= 4 is 34.6 Å². The van der Waals surface area contributed by atoms with Gasteiger partial charge in [-0.2, -0.15) is 0 Å².